The van der Waals surface area contributed by atoms with Crippen LogP contribution in [0.5, 0.6) is 0 Å². The van der Waals surface area contributed by atoms with Crippen molar-refractivity contribution in [1.82, 2.24) is 6.15 Å². The standard InChI is InChI=1S/K.H3N.4H3O4P/c;;4*1-5(2,3)4/h;1H3;4*(H3,1,2,3,4)/q+1;;;;;/p-1. The van der Waals surface area contributed by atoms with Gasteiger partial charge in [-0.1, -0.05) is 0 Å². The fourth-order valence-corrected chi connectivity index (χ4v) is 0. The molecular formula is H14KNO16P4. The zero-order valence-corrected chi connectivity index (χ0v) is 17.2. The molecule has 0 aliphatic rings. The summed E-state index contributed by atoms with van der Waals surface area (Å²) < 4.78 is 35.4. The van der Waals surface area contributed by atoms with E-state index in [1.807, 2.05) is 0 Å². The van der Waals surface area contributed by atoms with Gasteiger partial charge in [-0.15, -0.1) is 0 Å². The van der Waals surface area contributed by atoms with Crippen LogP contribution in [-0.4, -0.2) is 53.8 Å². The summed E-state index contributed by atoms with van der Waals surface area (Å²) in [6.45, 7) is 0. The molecule has 0 bridgehead atoms. The van der Waals surface area contributed by atoms with Gasteiger partial charge in [0.15, 0.2) is 0 Å². The molecule has 0 aromatic carbocycles. The molecular weight excluding hydrogens is 433 g/mol. The van der Waals surface area contributed by atoms with E-state index in [0.717, 1.165) is 0 Å². The van der Waals surface area contributed by atoms with Gasteiger partial charge in [0.2, 0.25) is 0 Å². The van der Waals surface area contributed by atoms with Gasteiger partial charge in [0, 0.05) is 0 Å². The average molecular weight is 447 g/mol. The van der Waals surface area contributed by atoms with Crippen molar-refractivity contribution in [2.24, 2.45) is 0 Å². The molecule has 14 N–H and O–H groups in total. The van der Waals surface area contributed by atoms with Gasteiger partial charge in [-0.2, -0.15) is 0 Å². The molecule has 0 rings (SSSR count). The van der Waals surface area contributed by atoms with Gasteiger partial charge >= 0.3 is 74.9 Å². The summed E-state index contributed by atoms with van der Waals surface area (Å²) >= 11 is 0. The minimum Gasteiger partial charge on any atom is -0.756 e. The van der Waals surface area contributed by atoms with Crippen LogP contribution in [0.15, 0.2) is 0 Å². The first kappa shape index (κ1) is 39.2. The summed E-state index contributed by atoms with van der Waals surface area (Å²) in [6.07, 6.45) is 0. The monoisotopic (exact) mass is 447 g/mol. The van der Waals surface area contributed by atoms with Gasteiger partial charge in [-0.3, -0.25) is 4.57 Å². The summed E-state index contributed by atoms with van der Waals surface area (Å²) in [5.74, 6) is 0. The molecule has 0 spiro atoms. The Balaban J connectivity index is -0.0000000376. The Morgan fingerprint density at radius 1 is 0.500 bits per heavy atom. The SMILES string of the molecule is N.O=P(O)(O)O.O=P(O)(O)O.O=P(O)(O)O.O=P([O-])(O)O.[K+]. The molecule has 0 saturated heterocycles. The van der Waals surface area contributed by atoms with E-state index in [1.165, 1.54) is 0 Å². The normalized spacial score (nSPS) is 10.7. The molecule has 0 saturated carbocycles. The van der Waals surface area contributed by atoms with Gasteiger partial charge < -0.3 is 64.9 Å². The van der Waals surface area contributed by atoms with E-state index in [1.54, 1.807) is 0 Å². The predicted molar refractivity (Wildman–Crippen MR) is 59.9 cm³/mol. The molecule has 22 heteroatoms. The van der Waals surface area contributed by atoms with Gasteiger partial charge in [-0.25, -0.2) is 13.7 Å². The minimum atomic E-state index is -4.89. The predicted octanol–water partition coefficient (Wildman–Crippen LogP) is -7.18. The van der Waals surface area contributed by atoms with Crippen molar-refractivity contribution in [2.75, 3.05) is 0 Å². The van der Waals surface area contributed by atoms with Gasteiger partial charge in [0.1, 0.15) is 0 Å². The number of hydrogen-bond donors (Lipinski definition) is 12. The second-order valence-electron chi connectivity index (χ2n) is 2.03. The molecule has 0 unspecified atom stereocenters. The van der Waals surface area contributed by atoms with Crippen LogP contribution in [0.2, 0.25) is 0 Å². The second kappa shape index (κ2) is 16.5. The van der Waals surface area contributed by atoms with Crippen LogP contribution in [0.25, 0.3) is 0 Å². The minimum absolute atomic E-state index is 0. The summed E-state index contributed by atoms with van der Waals surface area (Å²) in [6, 6.07) is 0. The maximum atomic E-state index is 8.88. The van der Waals surface area contributed by atoms with Crippen molar-refractivity contribution in [3.8, 4) is 0 Å². The topological polar surface area (TPSA) is 349 Å². The van der Waals surface area contributed by atoms with E-state index in [9.17, 15) is 0 Å². The van der Waals surface area contributed by atoms with Crippen LogP contribution in [0.3, 0.4) is 0 Å². The quantitative estimate of drug-likeness (QED) is 0.121. The molecule has 0 aliphatic carbocycles. The van der Waals surface area contributed by atoms with E-state index in [0.29, 0.717) is 0 Å². The molecule has 22 heavy (non-hydrogen) atoms. The number of phosphoric acid groups is 4. The molecule has 0 aromatic heterocycles. The molecule has 0 aromatic rings. The van der Waals surface area contributed by atoms with Crippen molar-refractivity contribution >= 4 is 31.3 Å². The summed E-state index contributed by atoms with van der Waals surface area (Å²) in [4.78, 5) is 87.6. The first-order valence-corrected chi connectivity index (χ1v) is 9.34. The van der Waals surface area contributed by atoms with Gasteiger partial charge in [0.25, 0.3) is 7.82 Å². The number of rotatable bonds is 0. The number of hydrogen-bond acceptors (Lipinski definition) is 6. The van der Waals surface area contributed by atoms with Crippen LogP contribution in [0, 0.1) is 0 Å². The van der Waals surface area contributed by atoms with Crippen molar-refractivity contribution in [2.45, 2.75) is 0 Å². The maximum Gasteiger partial charge on any atom is 1.00 e. The van der Waals surface area contributed by atoms with Crippen LogP contribution in [0.1, 0.15) is 0 Å². The summed E-state index contributed by atoms with van der Waals surface area (Å²) in [7, 11) is -18.8. The van der Waals surface area contributed by atoms with Gasteiger partial charge in [-0.05, 0) is 0 Å². The van der Waals surface area contributed by atoms with Crippen LogP contribution >= 0.6 is 31.3 Å². The third-order valence-corrected chi connectivity index (χ3v) is 0. The first-order chi connectivity index (χ1) is 8.00. The van der Waals surface area contributed by atoms with Gasteiger partial charge in [0.05, 0.1) is 0 Å². The van der Waals surface area contributed by atoms with E-state index < -0.39 is 31.3 Å². The third-order valence-electron chi connectivity index (χ3n) is 0. The van der Waals surface area contributed by atoms with Crippen molar-refractivity contribution < 1.29 is 128 Å². The second-order valence-corrected chi connectivity index (χ2v) is 6.09. The Morgan fingerprint density at radius 2 is 0.500 bits per heavy atom. The molecule has 17 nitrogen and oxygen atoms in total. The summed E-state index contributed by atoms with van der Waals surface area (Å²) in [5.41, 5.74) is 0. The molecule has 0 aliphatic heterocycles. The third kappa shape index (κ3) is 2350. The Labute approximate surface area is 164 Å². The Bertz CT molecular complexity index is 291. The average Bonchev–Trinajstić information content (AvgIpc) is 1.62. The molecule has 0 fully saturated rings. The van der Waals surface area contributed by atoms with Crippen molar-refractivity contribution in [3.05, 3.63) is 0 Å². The molecule has 0 atom stereocenters. The zero-order valence-electron chi connectivity index (χ0n) is 10.5. The fraction of sp³-hybridized carbons (Fsp3) is 0. The zero-order chi connectivity index (χ0) is 18.0. The molecule has 0 heterocycles. The smallest absolute Gasteiger partial charge is 0.756 e. The van der Waals surface area contributed by atoms with E-state index in [4.69, 9.17) is 77.0 Å². The summed E-state index contributed by atoms with van der Waals surface area (Å²) in [5, 5.41) is 0. The Kier molecular flexibility index (Phi) is 29.4. The van der Waals surface area contributed by atoms with Crippen LogP contribution < -0.4 is 62.4 Å². The molecule has 0 radical (unpaired) electrons. The fourth-order valence-electron chi connectivity index (χ4n) is 0. The molecule has 0 amide bonds. The first-order valence-electron chi connectivity index (χ1n) is 3.11. The molecule has 136 valence electrons. The van der Waals surface area contributed by atoms with Crippen molar-refractivity contribution in [3.63, 3.8) is 0 Å². The van der Waals surface area contributed by atoms with E-state index >= 15 is 0 Å². The largest absolute Gasteiger partial charge is 1.00 e. The Morgan fingerprint density at radius 3 is 0.500 bits per heavy atom. The van der Waals surface area contributed by atoms with Crippen molar-refractivity contribution in [1.29, 1.82) is 0 Å². The maximum absolute atomic E-state index is 8.88. The Hall–Kier alpha value is 2.04. The van der Waals surface area contributed by atoms with Crippen LogP contribution in [-0.2, 0) is 18.3 Å². The van der Waals surface area contributed by atoms with E-state index in [2.05, 4.69) is 0 Å². The van der Waals surface area contributed by atoms with Crippen LogP contribution in [0.4, 0.5) is 0 Å². The van der Waals surface area contributed by atoms with E-state index in [-0.39, 0.29) is 57.5 Å².